The first-order valence-electron chi connectivity index (χ1n) is 23.3. The first-order valence-corrected chi connectivity index (χ1v) is 24.8. The zero-order chi connectivity index (χ0) is 47.1. The molecular weight excluding hydrogens is 984 g/mol. The second-order valence-corrected chi connectivity index (χ2v) is 20.2. The maximum Gasteiger partial charge on any atom is 0.126 e. The van der Waals surface area contributed by atoms with Crippen molar-refractivity contribution in [3.8, 4) is 62.1 Å². The second kappa shape index (κ2) is 17.2. The number of fused-ring (bicyclic) bond motifs is 8. The van der Waals surface area contributed by atoms with Crippen LogP contribution in [-0.2, 0) is 25.7 Å². The van der Waals surface area contributed by atoms with Crippen LogP contribution in [0, 0.1) is 0 Å². The molecule has 9 aromatic carbocycles. The van der Waals surface area contributed by atoms with Crippen LogP contribution in [0.4, 0.5) is 0 Å². The molecule has 5 nitrogen and oxygen atoms in total. The molecule has 3 N–H and O–H groups in total. The first kappa shape index (κ1) is 43.2. The molecule has 0 heterocycles. The van der Waals surface area contributed by atoms with Gasteiger partial charge in [0.25, 0.3) is 0 Å². The Labute approximate surface area is 418 Å². The fourth-order valence-electron chi connectivity index (χ4n) is 11.6. The zero-order valence-corrected chi connectivity index (χ0v) is 41.2. The molecule has 0 amide bonds. The van der Waals surface area contributed by atoms with Crippen LogP contribution in [0.2, 0.25) is 0 Å². The monoisotopic (exact) mass is 1030 g/mol. The van der Waals surface area contributed by atoms with E-state index in [1.54, 1.807) is 14.2 Å². The average molecular weight is 1030 g/mol. The molecular formula is C62H46Br2O5. The van der Waals surface area contributed by atoms with E-state index in [9.17, 15) is 15.3 Å². The number of rotatable bonds is 5. The predicted molar refractivity (Wildman–Crippen MR) is 282 cm³/mol. The molecule has 0 saturated carbocycles. The molecule has 9 aromatic rings. The molecule has 0 radical (unpaired) electrons. The molecule has 12 bridgehead atoms. The van der Waals surface area contributed by atoms with Crippen LogP contribution in [0.25, 0.3) is 33.4 Å². The van der Waals surface area contributed by atoms with Crippen LogP contribution < -0.4 is 9.47 Å². The van der Waals surface area contributed by atoms with E-state index in [-0.39, 0.29) is 41.9 Å². The van der Waals surface area contributed by atoms with Crippen molar-refractivity contribution < 1.29 is 24.8 Å². The number of phenols is 3. The Morgan fingerprint density at radius 2 is 0.623 bits per heavy atom. The lowest BCUT2D eigenvalue weighted by atomic mass is 9.60. The van der Waals surface area contributed by atoms with Crippen molar-refractivity contribution >= 4 is 31.9 Å². The maximum absolute atomic E-state index is 12.6. The van der Waals surface area contributed by atoms with Crippen molar-refractivity contribution in [3.05, 3.63) is 251 Å². The van der Waals surface area contributed by atoms with Gasteiger partial charge in [0.1, 0.15) is 28.7 Å². The molecule has 0 aliphatic heterocycles. The quantitative estimate of drug-likeness (QED) is 0.160. The van der Waals surface area contributed by atoms with E-state index >= 15 is 0 Å². The molecule has 0 spiro atoms. The van der Waals surface area contributed by atoms with Crippen LogP contribution in [0.15, 0.2) is 173 Å². The van der Waals surface area contributed by atoms with E-state index < -0.39 is 0 Å². The Hall–Kier alpha value is -7.06. The van der Waals surface area contributed by atoms with Gasteiger partial charge in [-0.1, -0.05) is 147 Å². The van der Waals surface area contributed by atoms with Crippen molar-refractivity contribution in [2.24, 2.45) is 0 Å². The largest absolute Gasteiger partial charge is 0.507 e. The maximum atomic E-state index is 12.6. The minimum Gasteiger partial charge on any atom is -0.507 e. The van der Waals surface area contributed by atoms with Crippen molar-refractivity contribution in [1.29, 1.82) is 0 Å². The van der Waals surface area contributed by atoms with E-state index in [2.05, 4.69) is 117 Å². The molecule has 0 unspecified atom stereocenters. The van der Waals surface area contributed by atoms with Gasteiger partial charge in [-0.2, -0.15) is 0 Å². The van der Waals surface area contributed by atoms with Crippen LogP contribution >= 0.6 is 31.9 Å². The lowest BCUT2D eigenvalue weighted by molar-refractivity contribution is 0.392. The van der Waals surface area contributed by atoms with Crippen LogP contribution in [0.1, 0.15) is 89.7 Å². The van der Waals surface area contributed by atoms with Crippen molar-refractivity contribution in [2.45, 2.75) is 37.5 Å². The summed E-state index contributed by atoms with van der Waals surface area (Å²) < 4.78 is 15.1. The Kier molecular flexibility index (Phi) is 10.8. The fourth-order valence-corrected chi connectivity index (χ4v) is 13.0. The first-order chi connectivity index (χ1) is 33.7. The minimum absolute atomic E-state index is 0.121. The summed E-state index contributed by atoms with van der Waals surface area (Å²) in [6, 6.07) is 56.0. The van der Waals surface area contributed by atoms with E-state index in [1.165, 1.54) is 11.1 Å². The highest BCUT2D eigenvalue weighted by Gasteiger charge is 2.48. The summed E-state index contributed by atoms with van der Waals surface area (Å²) in [5.41, 5.74) is 18.7. The number of methoxy groups -OCH3 is 2. The van der Waals surface area contributed by atoms with Gasteiger partial charge in [0, 0.05) is 68.7 Å². The van der Waals surface area contributed by atoms with Gasteiger partial charge in [-0.15, -0.1) is 0 Å². The second-order valence-electron chi connectivity index (χ2n) is 18.5. The van der Waals surface area contributed by atoms with Gasteiger partial charge in [-0.25, -0.2) is 0 Å². The van der Waals surface area contributed by atoms with E-state index in [1.807, 2.05) is 78.9 Å². The number of phenolic OH excluding ortho intramolecular Hbond substituents is 3. The number of hydrogen-bond acceptors (Lipinski definition) is 5. The zero-order valence-electron chi connectivity index (χ0n) is 38.0. The molecule has 338 valence electrons. The molecule has 7 heteroatoms. The highest BCUT2D eigenvalue weighted by molar-refractivity contribution is 9.10. The third-order valence-corrected chi connectivity index (χ3v) is 15.9. The van der Waals surface area contributed by atoms with Crippen LogP contribution in [0.3, 0.4) is 0 Å². The summed E-state index contributed by atoms with van der Waals surface area (Å²) in [5, 5.41) is 37.8. The van der Waals surface area contributed by atoms with Gasteiger partial charge in [0.05, 0.1) is 14.2 Å². The molecule has 0 fully saturated rings. The minimum atomic E-state index is -0.259. The van der Waals surface area contributed by atoms with Crippen LogP contribution in [-0.4, -0.2) is 29.5 Å². The van der Waals surface area contributed by atoms with E-state index in [0.717, 1.165) is 98.3 Å². The van der Waals surface area contributed by atoms with Gasteiger partial charge in [-0.05, 0) is 138 Å². The predicted octanol–water partition coefficient (Wildman–Crippen LogP) is 15.0. The summed E-state index contributed by atoms with van der Waals surface area (Å²) >= 11 is 8.24. The highest BCUT2D eigenvalue weighted by Crippen LogP contribution is 2.64. The smallest absolute Gasteiger partial charge is 0.126 e. The van der Waals surface area contributed by atoms with Gasteiger partial charge in [0.2, 0.25) is 0 Å². The number of halogens is 2. The molecule has 0 aromatic heterocycles. The summed E-state index contributed by atoms with van der Waals surface area (Å²) in [4.78, 5) is 0. The standard InChI is InChI=1S/C62H46Br2O5/c1-68-61-46-30-44-26-38(35-16-8-4-9-17-35)24-42(59(44)66)28-40-22-37(34-14-6-3-7-15-34)23-41(58(40)65)29-43-25-39(36-18-10-5-11-19-36)27-45(60(43)67)31-47-33-51(64)55-52-48-20-12-13-21-49(48)53(57(55)62(47)69-2)56(61)54(52)50(63)32-46/h3-27,32-33,52-53,65-67H,28-31H2,1-2H3. The average Bonchev–Trinajstić information content (AvgIpc) is 3.37. The highest BCUT2D eigenvalue weighted by atomic mass is 79.9. The summed E-state index contributed by atoms with van der Waals surface area (Å²) in [7, 11) is 3.49. The Morgan fingerprint density at radius 1 is 0.348 bits per heavy atom. The van der Waals surface area contributed by atoms with Gasteiger partial charge in [-0.3, -0.25) is 0 Å². The summed E-state index contributed by atoms with van der Waals surface area (Å²) in [6.07, 6.45) is 1.25. The number of hydrogen-bond donors (Lipinski definition) is 3. The van der Waals surface area contributed by atoms with E-state index in [4.69, 9.17) is 9.47 Å². The third-order valence-electron chi connectivity index (χ3n) is 14.6. The lowest BCUT2D eigenvalue weighted by Crippen LogP contribution is -2.30. The molecule has 4 aliphatic carbocycles. The molecule has 0 saturated heterocycles. The molecule has 0 atom stereocenters. The number of ether oxygens (including phenoxy) is 2. The van der Waals surface area contributed by atoms with Gasteiger partial charge >= 0.3 is 0 Å². The Bertz CT molecular complexity index is 3340. The lowest BCUT2D eigenvalue weighted by Gasteiger charge is -2.45. The number of benzene rings is 9. The summed E-state index contributed by atoms with van der Waals surface area (Å²) in [5.74, 6) is 1.58. The third kappa shape index (κ3) is 7.16. The van der Waals surface area contributed by atoms with Gasteiger partial charge in [0.15, 0.2) is 0 Å². The van der Waals surface area contributed by atoms with E-state index in [0.29, 0.717) is 35.1 Å². The van der Waals surface area contributed by atoms with Crippen molar-refractivity contribution in [2.75, 3.05) is 14.2 Å². The van der Waals surface area contributed by atoms with Gasteiger partial charge < -0.3 is 24.8 Å². The molecule has 69 heavy (non-hydrogen) atoms. The van der Waals surface area contributed by atoms with Crippen LogP contribution in [0.5, 0.6) is 28.7 Å². The number of aromatic hydroxyl groups is 3. The molecule has 4 aliphatic rings. The Balaban J connectivity index is 1.17. The Morgan fingerprint density at radius 3 is 0.928 bits per heavy atom. The topological polar surface area (TPSA) is 79.2 Å². The summed E-state index contributed by atoms with van der Waals surface area (Å²) in [6.45, 7) is 0. The SMILES string of the molecule is COc1c2cc(Br)c3c1C1c4ccccc4C3c3c(Br)cc(c(OC)c31)Cc1cc(-c3ccccc3)cc(c1O)Cc1cc(-c3ccccc3)cc(c1O)Cc1cc(-c3ccccc3)cc(c1O)C2. The fraction of sp³-hybridized carbons (Fsp3) is 0.129. The van der Waals surface area contributed by atoms with Crippen molar-refractivity contribution in [3.63, 3.8) is 0 Å². The van der Waals surface area contributed by atoms with Crippen molar-refractivity contribution in [1.82, 2.24) is 0 Å². The molecule has 13 rings (SSSR count). The normalized spacial score (nSPS) is 15.2.